The predicted molar refractivity (Wildman–Crippen MR) is 129 cm³/mol. The van der Waals surface area contributed by atoms with E-state index in [9.17, 15) is 4.79 Å². The minimum atomic E-state index is -0.0445. The Balaban J connectivity index is 1.62. The molecule has 0 atom stereocenters. The minimum Gasteiger partial charge on any atom is -0.352 e. The van der Waals surface area contributed by atoms with E-state index in [1.54, 1.807) is 7.05 Å². The highest BCUT2D eigenvalue weighted by Gasteiger charge is 2.10. The Labute approximate surface area is 190 Å². The predicted octanol–water partition coefficient (Wildman–Crippen LogP) is 3.49. The summed E-state index contributed by atoms with van der Waals surface area (Å²) in [7, 11) is 1.75. The van der Waals surface area contributed by atoms with E-state index in [1.165, 1.54) is 0 Å². The number of amides is 1. The first-order valence-corrected chi connectivity index (χ1v) is 10.9. The summed E-state index contributed by atoms with van der Waals surface area (Å²) in [4.78, 5) is 16.5. The largest absolute Gasteiger partial charge is 0.352 e. The van der Waals surface area contributed by atoms with Crippen molar-refractivity contribution in [2.24, 2.45) is 4.99 Å². The van der Waals surface area contributed by atoms with Crippen LogP contribution >= 0.6 is 0 Å². The van der Waals surface area contributed by atoms with E-state index < -0.39 is 0 Å². The lowest BCUT2D eigenvalue weighted by Gasteiger charge is -2.15. The molecule has 3 rings (SSSR count). The maximum absolute atomic E-state index is 12.2. The third-order valence-corrected chi connectivity index (χ3v) is 5.08. The first-order chi connectivity index (χ1) is 15.5. The van der Waals surface area contributed by atoms with Crippen LogP contribution in [0.3, 0.4) is 0 Å². The van der Waals surface area contributed by atoms with Crippen LogP contribution in [0, 0.1) is 13.8 Å². The van der Waals surface area contributed by atoms with E-state index in [2.05, 4.69) is 51.2 Å². The van der Waals surface area contributed by atoms with Crippen molar-refractivity contribution in [2.75, 3.05) is 13.6 Å². The van der Waals surface area contributed by atoms with Gasteiger partial charge in [0.15, 0.2) is 5.96 Å². The number of nitrogens with one attached hydrogen (secondary N) is 3. The van der Waals surface area contributed by atoms with Crippen molar-refractivity contribution < 1.29 is 4.79 Å². The van der Waals surface area contributed by atoms with Crippen molar-refractivity contribution >= 4 is 11.9 Å². The number of aromatic nitrogens is 2. The normalized spacial score (nSPS) is 11.3. The quantitative estimate of drug-likeness (QED) is 0.376. The molecule has 1 amide bonds. The molecule has 0 unspecified atom stereocenters. The summed E-state index contributed by atoms with van der Waals surface area (Å²) < 4.78 is 1.97. The zero-order chi connectivity index (χ0) is 22.9. The molecule has 168 valence electrons. The number of para-hydroxylation sites is 1. The summed E-state index contributed by atoms with van der Waals surface area (Å²) in [5, 5.41) is 14.2. The third-order valence-electron chi connectivity index (χ3n) is 5.08. The number of hydrogen-bond donors (Lipinski definition) is 3. The van der Waals surface area contributed by atoms with E-state index in [-0.39, 0.29) is 5.91 Å². The van der Waals surface area contributed by atoms with Gasteiger partial charge in [0.2, 0.25) is 0 Å². The lowest BCUT2D eigenvalue weighted by atomic mass is 10.1. The Hall–Kier alpha value is -3.61. The fourth-order valence-corrected chi connectivity index (χ4v) is 3.49. The molecule has 7 heteroatoms. The van der Waals surface area contributed by atoms with Crippen LogP contribution in [0.4, 0.5) is 0 Å². The van der Waals surface area contributed by atoms with Crippen LogP contribution in [-0.2, 0) is 13.1 Å². The SMILES string of the molecule is CCCNC(=O)c1cccc(CNC(=NC)NCc2ccccc2-n2nc(C)cc2C)c1. The number of aliphatic imine (C=N–C) groups is 1. The van der Waals surface area contributed by atoms with Crippen molar-refractivity contribution in [3.8, 4) is 5.69 Å². The van der Waals surface area contributed by atoms with Gasteiger partial charge in [-0.05, 0) is 55.7 Å². The van der Waals surface area contributed by atoms with Crippen molar-refractivity contribution in [3.63, 3.8) is 0 Å². The highest BCUT2D eigenvalue weighted by molar-refractivity contribution is 5.94. The molecule has 0 bridgehead atoms. The van der Waals surface area contributed by atoms with Gasteiger partial charge < -0.3 is 16.0 Å². The number of carbonyl (C=O) groups excluding carboxylic acids is 1. The molecule has 7 nitrogen and oxygen atoms in total. The maximum Gasteiger partial charge on any atom is 0.251 e. The first kappa shape index (κ1) is 23.1. The fraction of sp³-hybridized carbons (Fsp3) is 0.320. The lowest BCUT2D eigenvalue weighted by molar-refractivity contribution is 0.0953. The van der Waals surface area contributed by atoms with Crippen LogP contribution in [0.1, 0.15) is 46.2 Å². The Kier molecular flexibility index (Phi) is 8.02. The molecule has 3 N–H and O–H groups in total. The monoisotopic (exact) mass is 432 g/mol. The zero-order valence-electron chi connectivity index (χ0n) is 19.3. The van der Waals surface area contributed by atoms with Crippen LogP contribution in [0.5, 0.6) is 0 Å². The van der Waals surface area contributed by atoms with Gasteiger partial charge in [-0.25, -0.2) is 4.68 Å². The lowest BCUT2D eigenvalue weighted by Crippen LogP contribution is -2.36. The maximum atomic E-state index is 12.2. The molecule has 0 aliphatic heterocycles. The van der Waals surface area contributed by atoms with Gasteiger partial charge in [0.1, 0.15) is 0 Å². The Morgan fingerprint density at radius 3 is 2.50 bits per heavy atom. The fourth-order valence-electron chi connectivity index (χ4n) is 3.49. The zero-order valence-corrected chi connectivity index (χ0v) is 19.3. The van der Waals surface area contributed by atoms with E-state index in [4.69, 9.17) is 0 Å². The summed E-state index contributed by atoms with van der Waals surface area (Å²) in [5.74, 6) is 0.644. The van der Waals surface area contributed by atoms with Gasteiger partial charge in [-0.3, -0.25) is 9.79 Å². The average Bonchev–Trinajstić information content (AvgIpc) is 3.15. The molecule has 2 aromatic carbocycles. The Bertz CT molecular complexity index is 1090. The molecule has 0 aliphatic rings. The van der Waals surface area contributed by atoms with Gasteiger partial charge in [-0.15, -0.1) is 0 Å². The molecular weight excluding hydrogens is 400 g/mol. The standard InChI is InChI=1S/C25H32N6O/c1-5-13-27-24(32)21-11-8-9-20(15-21)16-28-25(26-4)29-17-22-10-6-7-12-23(22)31-19(3)14-18(2)30-31/h6-12,14-15H,5,13,16-17H2,1-4H3,(H,27,32)(H2,26,28,29). The molecule has 32 heavy (non-hydrogen) atoms. The number of carbonyl (C=O) groups is 1. The topological polar surface area (TPSA) is 83.3 Å². The van der Waals surface area contributed by atoms with E-state index in [0.717, 1.165) is 34.6 Å². The van der Waals surface area contributed by atoms with Crippen LogP contribution in [0.25, 0.3) is 5.69 Å². The summed E-state index contributed by atoms with van der Waals surface area (Å²) >= 11 is 0. The molecule has 0 saturated carbocycles. The van der Waals surface area contributed by atoms with Crippen molar-refractivity contribution in [1.29, 1.82) is 0 Å². The third kappa shape index (κ3) is 5.97. The van der Waals surface area contributed by atoms with Gasteiger partial charge in [0.25, 0.3) is 5.91 Å². The van der Waals surface area contributed by atoms with E-state index >= 15 is 0 Å². The number of guanidine groups is 1. The van der Waals surface area contributed by atoms with E-state index in [1.807, 2.05) is 54.9 Å². The van der Waals surface area contributed by atoms with Gasteiger partial charge in [0, 0.05) is 37.9 Å². The summed E-state index contributed by atoms with van der Waals surface area (Å²) in [5.41, 5.74) is 5.94. The second kappa shape index (κ2) is 11.1. The minimum absolute atomic E-state index is 0.0445. The number of hydrogen-bond acceptors (Lipinski definition) is 3. The molecule has 0 spiro atoms. The van der Waals surface area contributed by atoms with Crippen LogP contribution < -0.4 is 16.0 Å². The second-order valence-corrected chi connectivity index (χ2v) is 7.70. The molecular formula is C25H32N6O. The highest BCUT2D eigenvalue weighted by atomic mass is 16.1. The highest BCUT2D eigenvalue weighted by Crippen LogP contribution is 2.17. The molecule has 1 aromatic heterocycles. The molecule has 0 aliphatic carbocycles. The average molecular weight is 433 g/mol. The van der Waals surface area contributed by atoms with Crippen molar-refractivity contribution in [3.05, 3.63) is 82.7 Å². The first-order valence-electron chi connectivity index (χ1n) is 10.9. The number of nitrogens with zero attached hydrogens (tertiary/aromatic N) is 3. The van der Waals surface area contributed by atoms with Gasteiger partial charge >= 0.3 is 0 Å². The summed E-state index contributed by atoms with van der Waals surface area (Å²) in [6, 6.07) is 17.9. The molecule has 1 heterocycles. The van der Waals surface area contributed by atoms with Crippen LogP contribution in [0.2, 0.25) is 0 Å². The molecule has 0 saturated heterocycles. The van der Waals surface area contributed by atoms with Crippen molar-refractivity contribution in [1.82, 2.24) is 25.7 Å². The number of rotatable bonds is 8. The van der Waals surface area contributed by atoms with E-state index in [0.29, 0.717) is 31.2 Å². The summed E-state index contributed by atoms with van der Waals surface area (Å²) in [6.07, 6.45) is 0.914. The van der Waals surface area contributed by atoms with Gasteiger partial charge in [-0.2, -0.15) is 5.10 Å². The second-order valence-electron chi connectivity index (χ2n) is 7.70. The van der Waals surface area contributed by atoms with Crippen molar-refractivity contribution in [2.45, 2.75) is 40.3 Å². The summed E-state index contributed by atoms with van der Waals surface area (Å²) in [6.45, 7) is 7.94. The Morgan fingerprint density at radius 2 is 1.78 bits per heavy atom. The Morgan fingerprint density at radius 1 is 1.00 bits per heavy atom. The number of benzene rings is 2. The van der Waals surface area contributed by atoms with Gasteiger partial charge in [0.05, 0.1) is 11.4 Å². The molecule has 3 aromatic rings. The molecule has 0 fully saturated rings. The van der Waals surface area contributed by atoms with Crippen LogP contribution in [-0.4, -0.2) is 35.2 Å². The molecule has 0 radical (unpaired) electrons. The smallest absolute Gasteiger partial charge is 0.251 e. The van der Waals surface area contributed by atoms with Gasteiger partial charge in [-0.1, -0.05) is 37.3 Å². The van der Waals surface area contributed by atoms with Crippen LogP contribution in [0.15, 0.2) is 59.6 Å². The number of aryl methyl sites for hydroxylation is 2.